The Labute approximate surface area is 117 Å². The molecule has 0 saturated carbocycles. The maximum Gasteiger partial charge on any atom is 0.338 e. The third-order valence-corrected chi connectivity index (χ3v) is 3.20. The molecule has 1 aromatic rings. The highest BCUT2D eigenvalue weighted by atomic mass is 16.6. The molecule has 19 heavy (non-hydrogen) atoms. The summed E-state index contributed by atoms with van der Waals surface area (Å²) < 4.78 is 5.40. The number of ether oxygens (including phenoxy) is 1. The second-order valence-electron chi connectivity index (χ2n) is 6.90. The van der Waals surface area contributed by atoms with Crippen molar-refractivity contribution in [2.24, 2.45) is 5.41 Å². The fourth-order valence-corrected chi connectivity index (χ4v) is 1.82. The van der Waals surface area contributed by atoms with Crippen LogP contribution in [0.15, 0.2) is 24.3 Å². The molecule has 0 saturated heterocycles. The van der Waals surface area contributed by atoms with Gasteiger partial charge in [0.25, 0.3) is 0 Å². The van der Waals surface area contributed by atoms with Crippen LogP contribution in [0.2, 0.25) is 0 Å². The number of carbonyl (C=O) groups is 1. The molecule has 0 radical (unpaired) electrons. The predicted octanol–water partition coefficient (Wildman–Crippen LogP) is 4.62. The number of hydrogen-bond acceptors (Lipinski definition) is 2. The smallest absolute Gasteiger partial charge is 0.338 e. The Kier molecular flexibility index (Phi) is 4.78. The highest BCUT2D eigenvalue weighted by Crippen LogP contribution is 2.26. The van der Waals surface area contributed by atoms with E-state index in [-0.39, 0.29) is 11.4 Å². The van der Waals surface area contributed by atoms with E-state index in [9.17, 15) is 4.79 Å². The summed E-state index contributed by atoms with van der Waals surface area (Å²) in [5.74, 6) is -0.247. The molecule has 0 aliphatic heterocycles. The van der Waals surface area contributed by atoms with Crippen molar-refractivity contribution >= 4 is 5.97 Å². The lowest BCUT2D eigenvalue weighted by Crippen LogP contribution is -2.24. The molecule has 0 heterocycles. The van der Waals surface area contributed by atoms with Crippen LogP contribution in [0.1, 0.15) is 63.9 Å². The van der Waals surface area contributed by atoms with E-state index >= 15 is 0 Å². The van der Waals surface area contributed by atoms with Gasteiger partial charge in [-0.05, 0) is 50.3 Å². The van der Waals surface area contributed by atoms with E-state index in [4.69, 9.17) is 4.74 Å². The summed E-state index contributed by atoms with van der Waals surface area (Å²) in [4.78, 5) is 12.0. The van der Waals surface area contributed by atoms with Gasteiger partial charge in [0.2, 0.25) is 0 Å². The monoisotopic (exact) mass is 262 g/mol. The number of hydrogen-bond donors (Lipinski definition) is 0. The Hall–Kier alpha value is -1.31. The summed E-state index contributed by atoms with van der Waals surface area (Å²) >= 11 is 0. The molecular formula is C17H26O2. The summed E-state index contributed by atoms with van der Waals surface area (Å²) in [6.45, 7) is 12.3. The fourth-order valence-electron chi connectivity index (χ4n) is 1.82. The molecule has 0 unspecified atom stereocenters. The maximum atomic E-state index is 12.0. The van der Waals surface area contributed by atoms with Gasteiger partial charge in [0.1, 0.15) is 5.60 Å². The van der Waals surface area contributed by atoms with Gasteiger partial charge in [-0.15, -0.1) is 0 Å². The Morgan fingerprint density at radius 1 is 1.16 bits per heavy atom. The minimum atomic E-state index is -0.449. The molecule has 0 aromatic heterocycles. The van der Waals surface area contributed by atoms with E-state index in [1.54, 1.807) is 0 Å². The average Bonchev–Trinajstić information content (AvgIpc) is 2.26. The second kappa shape index (κ2) is 5.77. The Morgan fingerprint density at radius 3 is 2.32 bits per heavy atom. The van der Waals surface area contributed by atoms with Crippen LogP contribution in [0.3, 0.4) is 0 Å². The van der Waals surface area contributed by atoms with E-state index in [0.717, 1.165) is 12.8 Å². The zero-order chi connectivity index (χ0) is 14.7. The lowest BCUT2D eigenvalue weighted by molar-refractivity contribution is 0.00693. The SMILES string of the molecule is CCC(C)(C)Cc1cccc(C(=O)OC(C)(C)C)c1. The van der Waals surface area contributed by atoms with E-state index in [2.05, 4.69) is 26.8 Å². The third kappa shape index (κ3) is 5.46. The van der Waals surface area contributed by atoms with Crippen molar-refractivity contribution in [1.29, 1.82) is 0 Å². The molecule has 1 aromatic carbocycles. The van der Waals surface area contributed by atoms with Crippen molar-refractivity contribution in [3.63, 3.8) is 0 Å². The van der Waals surface area contributed by atoms with E-state index in [1.165, 1.54) is 5.56 Å². The first-order valence-corrected chi connectivity index (χ1v) is 6.95. The molecule has 106 valence electrons. The van der Waals surface area contributed by atoms with Gasteiger partial charge in [-0.1, -0.05) is 39.3 Å². The molecule has 2 heteroatoms. The van der Waals surface area contributed by atoms with E-state index in [0.29, 0.717) is 5.56 Å². The highest BCUT2D eigenvalue weighted by Gasteiger charge is 2.19. The number of rotatable bonds is 4. The Bertz CT molecular complexity index is 439. The maximum absolute atomic E-state index is 12.0. The zero-order valence-corrected chi connectivity index (χ0v) is 13.0. The molecule has 0 fully saturated rings. The van der Waals surface area contributed by atoms with Crippen LogP contribution in [0, 0.1) is 5.41 Å². The standard InChI is InChI=1S/C17H26O2/c1-7-17(5,6)12-13-9-8-10-14(11-13)15(18)19-16(2,3)4/h8-11H,7,12H2,1-6H3. The Morgan fingerprint density at radius 2 is 1.79 bits per heavy atom. The van der Waals surface area contributed by atoms with Crippen LogP contribution in [0.25, 0.3) is 0 Å². The summed E-state index contributed by atoms with van der Waals surface area (Å²) in [5, 5.41) is 0. The van der Waals surface area contributed by atoms with Gasteiger partial charge < -0.3 is 4.74 Å². The summed E-state index contributed by atoms with van der Waals surface area (Å²) in [7, 11) is 0. The number of benzene rings is 1. The molecule has 0 aliphatic rings. The zero-order valence-electron chi connectivity index (χ0n) is 13.0. The van der Waals surface area contributed by atoms with Crippen LogP contribution in [0.5, 0.6) is 0 Å². The van der Waals surface area contributed by atoms with Crippen molar-refractivity contribution in [2.75, 3.05) is 0 Å². The van der Waals surface area contributed by atoms with Gasteiger partial charge in [-0.25, -0.2) is 4.79 Å². The van der Waals surface area contributed by atoms with Crippen molar-refractivity contribution in [3.05, 3.63) is 35.4 Å². The summed E-state index contributed by atoms with van der Waals surface area (Å²) in [5.41, 5.74) is 1.64. The first-order chi connectivity index (χ1) is 8.63. The Balaban J connectivity index is 2.86. The average molecular weight is 262 g/mol. The summed E-state index contributed by atoms with van der Waals surface area (Å²) in [6.07, 6.45) is 2.09. The van der Waals surface area contributed by atoms with Crippen molar-refractivity contribution < 1.29 is 9.53 Å². The van der Waals surface area contributed by atoms with Crippen LogP contribution in [0.4, 0.5) is 0 Å². The fraction of sp³-hybridized carbons (Fsp3) is 0.588. The van der Waals surface area contributed by atoms with Crippen molar-refractivity contribution in [3.8, 4) is 0 Å². The molecule has 0 spiro atoms. The lowest BCUT2D eigenvalue weighted by atomic mass is 9.83. The quantitative estimate of drug-likeness (QED) is 0.740. The van der Waals surface area contributed by atoms with E-state index < -0.39 is 5.60 Å². The largest absolute Gasteiger partial charge is 0.456 e. The van der Waals surface area contributed by atoms with Gasteiger partial charge in [0, 0.05) is 0 Å². The van der Waals surface area contributed by atoms with Crippen LogP contribution < -0.4 is 0 Å². The van der Waals surface area contributed by atoms with Gasteiger partial charge in [-0.3, -0.25) is 0 Å². The molecule has 0 amide bonds. The van der Waals surface area contributed by atoms with Crippen molar-refractivity contribution in [1.82, 2.24) is 0 Å². The first-order valence-electron chi connectivity index (χ1n) is 6.95. The topological polar surface area (TPSA) is 26.3 Å². The van der Waals surface area contributed by atoms with E-state index in [1.807, 2.05) is 39.0 Å². The predicted molar refractivity (Wildman–Crippen MR) is 79.4 cm³/mol. The van der Waals surface area contributed by atoms with Crippen molar-refractivity contribution in [2.45, 2.75) is 60.0 Å². The third-order valence-electron chi connectivity index (χ3n) is 3.20. The number of carbonyl (C=O) groups excluding carboxylic acids is 1. The molecule has 2 nitrogen and oxygen atoms in total. The molecule has 0 atom stereocenters. The minimum absolute atomic E-state index is 0.247. The number of esters is 1. The minimum Gasteiger partial charge on any atom is -0.456 e. The van der Waals surface area contributed by atoms with Crippen LogP contribution >= 0.6 is 0 Å². The first kappa shape index (κ1) is 15.7. The van der Waals surface area contributed by atoms with Crippen LogP contribution in [-0.4, -0.2) is 11.6 Å². The molecule has 1 rings (SSSR count). The normalized spacial score (nSPS) is 12.3. The molecule has 0 N–H and O–H groups in total. The lowest BCUT2D eigenvalue weighted by Gasteiger charge is -2.23. The molecule has 0 aliphatic carbocycles. The van der Waals surface area contributed by atoms with Gasteiger partial charge in [-0.2, -0.15) is 0 Å². The van der Waals surface area contributed by atoms with Gasteiger partial charge >= 0.3 is 5.97 Å². The summed E-state index contributed by atoms with van der Waals surface area (Å²) in [6, 6.07) is 7.77. The van der Waals surface area contributed by atoms with Gasteiger partial charge in [0.05, 0.1) is 5.56 Å². The molecule has 0 bridgehead atoms. The van der Waals surface area contributed by atoms with Crippen LogP contribution in [-0.2, 0) is 11.2 Å². The van der Waals surface area contributed by atoms with Gasteiger partial charge in [0.15, 0.2) is 0 Å². The molecular weight excluding hydrogens is 236 g/mol. The highest BCUT2D eigenvalue weighted by molar-refractivity contribution is 5.89. The second-order valence-corrected chi connectivity index (χ2v) is 6.90.